The van der Waals surface area contributed by atoms with Crippen molar-refractivity contribution < 1.29 is 18.7 Å². The molecule has 3 rings (SSSR count). The van der Waals surface area contributed by atoms with E-state index in [4.69, 9.17) is 4.74 Å². The fourth-order valence-electron chi connectivity index (χ4n) is 3.09. The minimum Gasteiger partial charge on any atom is -0.489 e. The molecular weight excluding hydrogens is 335 g/mol. The molecule has 1 heterocycles. The third-order valence-corrected chi connectivity index (χ3v) is 4.50. The molecule has 0 saturated carbocycles. The predicted molar refractivity (Wildman–Crippen MR) is 96.4 cm³/mol. The Morgan fingerprint density at radius 2 is 2.12 bits per heavy atom. The van der Waals surface area contributed by atoms with Crippen LogP contribution in [0.25, 0.3) is 0 Å². The first-order valence-electron chi connectivity index (χ1n) is 8.48. The van der Waals surface area contributed by atoms with Crippen molar-refractivity contribution in [3.8, 4) is 5.75 Å². The third-order valence-electron chi connectivity index (χ3n) is 4.50. The van der Waals surface area contributed by atoms with Gasteiger partial charge in [0.1, 0.15) is 18.2 Å². The Kier molecular flexibility index (Phi) is 5.21. The summed E-state index contributed by atoms with van der Waals surface area (Å²) in [5.41, 5.74) is 2.36. The van der Waals surface area contributed by atoms with Gasteiger partial charge in [0.15, 0.2) is 0 Å². The second-order valence-electron chi connectivity index (χ2n) is 6.39. The van der Waals surface area contributed by atoms with Crippen LogP contribution in [-0.4, -0.2) is 25.4 Å². The van der Waals surface area contributed by atoms with E-state index in [0.29, 0.717) is 12.3 Å². The zero-order valence-corrected chi connectivity index (χ0v) is 14.8. The number of benzene rings is 2. The zero-order chi connectivity index (χ0) is 18.7. The van der Waals surface area contributed by atoms with Gasteiger partial charge >= 0.3 is 0 Å². The number of halogens is 1. The highest BCUT2D eigenvalue weighted by Crippen LogP contribution is 2.29. The molecule has 2 amide bonds. The van der Waals surface area contributed by atoms with Crippen LogP contribution < -0.4 is 15.0 Å². The summed E-state index contributed by atoms with van der Waals surface area (Å²) in [5.74, 6) is -0.125. The van der Waals surface area contributed by atoms with E-state index >= 15 is 0 Å². The number of nitrogens with zero attached hydrogens (tertiary/aromatic N) is 1. The summed E-state index contributed by atoms with van der Waals surface area (Å²) < 4.78 is 19.0. The van der Waals surface area contributed by atoms with Gasteiger partial charge < -0.3 is 15.0 Å². The number of nitrogens with one attached hydrogen (secondary N) is 1. The lowest BCUT2D eigenvalue weighted by Crippen LogP contribution is -2.30. The van der Waals surface area contributed by atoms with Crippen LogP contribution in [0.4, 0.5) is 10.1 Å². The van der Waals surface area contributed by atoms with Crippen molar-refractivity contribution in [1.82, 2.24) is 5.32 Å². The van der Waals surface area contributed by atoms with Crippen LogP contribution >= 0.6 is 0 Å². The third kappa shape index (κ3) is 3.85. The molecule has 1 saturated heterocycles. The second-order valence-corrected chi connectivity index (χ2v) is 6.39. The minimum atomic E-state index is -0.322. The van der Waals surface area contributed by atoms with Crippen molar-refractivity contribution in [2.24, 2.45) is 5.92 Å². The lowest BCUT2D eigenvalue weighted by Gasteiger charge is -2.18. The van der Waals surface area contributed by atoms with E-state index in [0.717, 1.165) is 16.8 Å². The Labute approximate surface area is 151 Å². The maximum absolute atomic E-state index is 13.2. The van der Waals surface area contributed by atoms with Gasteiger partial charge in [-0.25, -0.2) is 4.39 Å². The molecule has 1 fully saturated rings. The Balaban J connectivity index is 1.69. The van der Waals surface area contributed by atoms with Crippen LogP contribution in [0, 0.1) is 18.7 Å². The molecule has 0 spiro atoms. The highest BCUT2D eigenvalue weighted by Gasteiger charge is 2.34. The molecule has 2 aromatic carbocycles. The highest BCUT2D eigenvalue weighted by molar-refractivity contribution is 6.00. The van der Waals surface area contributed by atoms with E-state index in [2.05, 4.69) is 5.32 Å². The van der Waals surface area contributed by atoms with E-state index in [9.17, 15) is 14.0 Å². The molecule has 1 atom stereocenters. The summed E-state index contributed by atoms with van der Waals surface area (Å²) in [4.78, 5) is 25.6. The molecule has 0 radical (unpaired) electrons. The van der Waals surface area contributed by atoms with Crippen molar-refractivity contribution in [2.45, 2.75) is 20.0 Å². The number of carbonyl (C=O) groups is 2. The number of ether oxygens (including phenoxy) is 1. The molecule has 6 heteroatoms. The Hall–Kier alpha value is -2.89. The van der Waals surface area contributed by atoms with Crippen molar-refractivity contribution >= 4 is 17.5 Å². The summed E-state index contributed by atoms with van der Waals surface area (Å²) in [5, 5.41) is 2.59. The maximum atomic E-state index is 13.2. The average Bonchev–Trinajstić information content (AvgIpc) is 3.02. The normalized spacial score (nSPS) is 16.7. The molecule has 2 aromatic rings. The first kappa shape index (κ1) is 17.9. The van der Waals surface area contributed by atoms with Gasteiger partial charge in [0.2, 0.25) is 11.8 Å². The zero-order valence-electron chi connectivity index (χ0n) is 14.8. The van der Waals surface area contributed by atoms with E-state index in [-0.39, 0.29) is 36.6 Å². The lowest BCUT2D eigenvalue weighted by molar-refractivity contribution is -0.125. The van der Waals surface area contributed by atoms with Gasteiger partial charge in [-0.05, 0) is 48.4 Å². The van der Waals surface area contributed by atoms with Crippen LogP contribution in [0.3, 0.4) is 0 Å². The molecule has 1 aliphatic heterocycles. The molecule has 0 bridgehead atoms. The fourth-order valence-corrected chi connectivity index (χ4v) is 3.09. The SMILES string of the molecule is CNC(=O)[C@H]1CC(=O)N(c2ccc(OCc3cccc(F)c3)c(C)c2)C1. The van der Waals surface area contributed by atoms with E-state index in [1.54, 1.807) is 36.2 Å². The molecule has 1 N–H and O–H groups in total. The molecule has 136 valence electrons. The average molecular weight is 356 g/mol. The molecule has 0 aromatic heterocycles. The fraction of sp³-hybridized carbons (Fsp3) is 0.300. The monoisotopic (exact) mass is 356 g/mol. The second kappa shape index (κ2) is 7.56. The number of rotatable bonds is 5. The van der Waals surface area contributed by atoms with E-state index in [1.165, 1.54) is 12.1 Å². The topological polar surface area (TPSA) is 58.6 Å². The maximum Gasteiger partial charge on any atom is 0.227 e. The number of aryl methyl sites for hydroxylation is 1. The first-order valence-corrected chi connectivity index (χ1v) is 8.48. The summed E-state index contributed by atoms with van der Waals surface area (Å²) >= 11 is 0. The largest absolute Gasteiger partial charge is 0.489 e. The predicted octanol–water partition coefficient (Wildman–Crippen LogP) is 2.81. The minimum absolute atomic E-state index is 0.0635. The van der Waals surface area contributed by atoms with Gasteiger partial charge in [0.05, 0.1) is 5.92 Å². The standard InChI is InChI=1S/C20H21FN2O3/c1-13-8-17(23-11-15(10-19(23)24)20(25)22-2)6-7-18(13)26-12-14-4-3-5-16(21)9-14/h3-9,15H,10-12H2,1-2H3,(H,22,25)/t15-/m0/s1. The molecule has 0 unspecified atom stereocenters. The molecular formula is C20H21FN2O3. The smallest absolute Gasteiger partial charge is 0.227 e. The van der Waals surface area contributed by atoms with Gasteiger partial charge in [-0.15, -0.1) is 0 Å². The molecule has 5 nitrogen and oxygen atoms in total. The summed E-state index contributed by atoms with van der Waals surface area (Å²) in [6.45, 7) is 2.53. The van der Waals surface area contributed by atoms with E-state index in [1.807, 2.05) is 13.0 Å². The Morgan fingerprint density at radius 1 is 1.31 bits per heavy atom. The number of hydrogen-bond donors (Lipinski definition) is 1. The van der Waals surface area contributed by atoms with Gasteiger partial charge in [-0.3, -0.25) is 9.59 Å². The number of anilines is 1. The van der Waals surface area contributed by atoms with Crippen molar-refractivity contribution in [1.29, 1.82) is 0 Å². The number of amides is 2. The van der Waals surface area contributed by atoms with Crippen LogP contribution in [0.15, 0.2) is 42.5 Å². The summed E-state index contributed by atoms with van der Waals surface area (Å²) in [7, 11) is 1.57. The van der Waals surface area contributed by atoms with Crippen LogP contribution in [0.5, 0.6) is 5.75 Å². The van der Waals surface area contributed by atoms with Crippen LogP contribution in [0.2, 0.25) is 0 Å². The quantitative estimate of drug-likeness (QED) is 0.896. The van der Waals surface area contributed by atoms with E-state index < -0.39 is 0 Å². The van der Waals surface area contributed by atoms with Gasteiger partial charge in [0, 0.05) is 25.7 Å². The van der Waals surface area contributed by atoms with Gasteiger partial charge in [-0.2, -0.15) is 0 Å². The van der Waals surface area contributed by atoms with Crippen molar-refractivity contribution in [2.75, 3.05) is 18.5 Å². The molecule has 1 aliphatic rings. The Bertz CT molecular complexity index is 838. The van der Waals surface area contributed by atoms with Crippen LogP contribution in [0.1, 0.15) is 17.5 Å². The number of hydrogen-bond acceptors (Lipinski definition) is 3. The first-order chi connectivity index (χ1) is 12.5. The van der Waals surface area contributed by atoms with Crippen LogP contribution in [-0.2, 0) is 16.2 Å². The van der Waals surface area contributed by atoms with Crippen molar-refractivity contribution in [3.05, 3.63) is 59.4 Å². The summed E-state index contributed by atoms with van der Waals surface area (Å²) in [6, 6.07) is 11.7. The molecule has 0 aliphatic carbocycles. The lowest BCUT2D eigenvalue weighted by atomic mass is 10.1. The van der Waals surface area contributed by atoms with Gasteiger partial charge in [-0.1, -0.05) is 12.1 Å². The number of carbonyl (C=O) groups excluding carboxylic acids is 2. The molecule has 26 heavy (non-hydrogen) atoms. The Morgan fingerprint density at radius 3 is 2.81 bits per heavy atom. The van der Waals surface area contributed by atoms with Gasteiger partial charge in [0.25, 0.3) is 0 Å². The van der Waals surface area contributed by atoms with Crippen molar-refractivity contribution in [3.63, 3.8) is 0 Å². The highest BCUT2D eigenvalue weighted by atomic mass is 19.1. The summed E-state index contributed by atoms with van der Waals surface area (Å²) in [6.07, 6.45) is 0.219.